The second kappa shape index (κ2) is 9.23. The first-order valence-corrected chi connectivity index (χ1v) is 13.9. The molecule has 0 aromatic rings. The highest BCUT2D eigenvalue weighted by atomic mass is 28.3. The lowest BCUT2D eigenvalue weighted by molar-refractivity contribution is -0.162. The molecule has 3 heterocycles. The summed E-state index contributed by atoms with van der Waals surface area (Å²) in [7, 11) is -1.26. The molecule has 0 spiro atoms. The van der Waals surface area contributed by atoms with E-state index in [0.29, 0.717) is 25.1 Å². The molecule has 32 heavy (non-hydrogen) atoms. The molecule has 3 atom stereocenters. The third-order valence-electron chi connectivity index (χ3n) is 6.46. The van der Waals surface area contributed by atoms with Crippen LogP contribution in [-0.2, 0) is 18.8 Å². The van der Waals surface area contributed by atoms with Gasteiger partial charge in [0.05, 0.1) is 12.0 Å². The normalized spacial score (nSPS) is 23.8. The second-order valence-electron chi connectivity index (χ2n) is 9.97. The van der Waals surface area contributed by atoms with Crippen molar-refractivity contribution in [2.24, 2.45) is 17.3 Å². The minimum atomic E-state index is -1.26. The van der Waals surface area contributed by atoms with E-state index in [-0.39, 0.29) is 48.0 Å². The van der Waals surface area contributed by atoms with Crippen molar-refractivity contribution in [1.82, 2.24) is 9.80 Å². The number of carbonyl (C=O) groups is 3. The molecule has 1 fully saturated rings. The molecule has 9 heteroatoms. The number of ether oxygens (including phenoxy) is 1. The highest BCUT2D eigenvalue weighted by Crippen LogP contribution is 2.51. The zero-order chi connectivity index (χ0) is 23.8. The van der Waals surface area contributed by atoms with Crippen LogP contribution in [0.1, 0.15) is 27.2 Å². The molecular formula is C23H34N2O6Si. The van der Waals surface area contributed by atoms with Gasteiger partial charge in [-0.05, 0) is 42.0 Å². The maximum absolute atomic E-state index is 13.2. The molecule has 0 saturated carbocycles. The fraction of sp³-hybridized carbons (Fsp3) is 0.609. The van der Waals surface area contributed by atoms with Gasteiger partial charge in [0, 0.05) is 19.7 Å². The average molecular weight is 463 g/mol. The minimum absolute atomic E-state index is 0.00322. The topological polar surface area (TPSA) is 96.4 Å². The van der Waals surface area contributed by atoms with E-state index in [9.17, 15) is 19.5 Å². The molecule has 1 N–H and O–H groups in total. The average Bonchev–Trinajstić information content (AvgIpc) is 3.31. The molecule has 3 aliphatic heterocycles. The quantitative estimate of drug-likeness (QED) is 0.339. The molecule has 0 aromatic heterocycles. The number of nitrogens with zero attached hydrogens (tertiary/aromatic N) is 2. The van der Waals surface area contributed by atoms with Gasteiger partial charge in [-0.25, -0.2) is 9.59 Å². The van der Waals surface area contributed by atoms with E-state index >= 15 is 0 Å². The number of carboxylic acid groups (broad SMARTS) is 1. The lowest BCUT2D eigenvalue weighted by Gasteiger charge is -2.50. The summed E-state index contributed by atoms with van der Waals surface area (Å²) < 4.78 is 11.1. The van der Waals surface area contributed by atoms with Crippen LogP contribution < -0.4 is 0 Å². The first-order chi connectivity index (χ1) is 15.0. The summed E-state index contributed by atoms with van der Waals surface area (Å²) in [6.45, 7) is 15.3. The van der Waals surface area contributed by atoms with E-state index in [4.69, 9.17) is 9.16 Å². The van der Waals surface area contributed by atoms with Crippen molar-refractivity contribution in [2.45, 2.75) is 46.3 Å². The van der Waals surface area contributed by atoms with E-state index in [2.05, 4.69) is 40.4 Å². The van der Waals surface area contributed by atoms with Crippen molar-refractivity contribution >= 4 is 27.0 Å². The highest BCUT2D eigenvalue weighted by Gasteiger charge is 2.59. The van der Waals surface area contributed by atoms with Gasteiger partial charge < -0.3 is 24.1 Å². The van der Waals surface area contributed by atoms with Crippen molar-refractivity contribution in [2.75, 3.05) is 26.3 Å². The summed E-state index contributed by atoms with van der Waals surface area (Å²) in [5.74, 6) is -1.52. The fourth-order valence-electron chi connectivity index (χ4n) is 4.79. The van der Waals surface area contributed by atoms with Crippen molar-refractivity contribution < 1.29 is 28.7 Å². The van der Waals surface area contributed by atoms with Gasteiger partial charge in [0.15, 0.2) is 9.04 Å². The molecular weight excluding hydrogens is 428 g/mol. The smallest absolute Gasteiger partial charge is 0.410 e. The number of carbonyl (C=O) groups excluding carboxylic acids is 2. The Labute approximate surface area is 191 Å². The number of amides is 2. The number of fused-ring (bicyclic) bond motifs is 1. The van der Waals surface area contributed by atoms with Crippen molar-refractivity contribution in [1.29, 1.82) is 0 Å². The molecule has 0 unspecified atom stereocenters. The SMILES string of the molecule is C=CCOC(=O)N1CC=C(C2=C(C(=O)O)N3C(=O)[C@@H]([C@@H](CO[SiH](C)C)C(C)(C)C)[C@H]3C2)C1. The molecule has 0 aromatic carbocycles. The van der Waals surface area contributed by atoms with E-state index in [0.717, 1.165) is 5.57 Å². The summed E-state index contributed by atoms with van der Waals surface area (Å²) >= 11 is 0. The predicted octanol–water partition coefficient (Wildman–Crippen LogP) is 2.78. The third-order valence-corrected chi connectivity index (χ3v) is 7.32. The second-order valence-corrected chi connectivity index (χ2v) is 12.4. The predicted molar refractivity (Wildman–Crippen MR) is 122 cm³/mol. The Morgan fingerprint density at radius 2 is 2.06 bits per heavy atom. The van der Waals surface area contributed by atoms with Gasteiger partial charge in [0.25, 0.3) is 0 Å². The summed E-state index contributed by atoms with van der Waals surface area (Å²) in [6, 6.07) is -0.187. The Morgan fingerprint density at radius 1 is 1.38 bits per heavy atom. The lowest BCUT2D eigenvalue weighted by Crippen LogP contribution is -2.63. The lowest BCUT2D eigenvalue weighted by atomic mass is 9.66. The Morgan fingerprint density at radius 3 is 2.62 bits per heavy atom. The van der Waals surface area contributed by atoms with E-state index in [1.54, 1.807) is 0 Å². The van der Waals surface area contributed by atoms with Gasteiger partial charge in [-0.2, -0.15) is 0 Å². The number of carboxylic acids is 1. The Balaban J connectivity index is 1.80. The van der Waals surface area contributed by atoms with Crippen LogP contribution in [0.3, 0.4) is 0 Å². The van der Waals surface area contributed by atoms with Gasteiger partial charge in [-0.1, -0.05) is 39.5 Å². The van der Waals surface area contributed by atoms with Crippen LogP contribution in [0.5, 0.6) is 0 Å². The van der Waals surface area contributed by atoms with Crippen molar-refractivity contribution in [3.8, 4) is 0 Å². The maximum Gasteiger partial charge on any atom is 0.410 e. The summed E-state index contributed by atoms with van der Waals surface area (Å²) in [6.07, 6.45) is 3.36. The Hall–Kier alpha value is -2.39. The monoisotopic (exact) mass is 462 g/mol. The molecule has 0 aliphatic carbocycles. The fourth-order valence-corrected chi connectivity index (χ4v) is 5.38. The van der Waals surface area contributed by atoms with Crippen molar-refractivity contribution in [3.05, 3.63) is 35.6 Å². The van der Waals surface area contributed by atoms with Gasteiger partial charge >= 0.3 is 12.1 Å². The Bertz CT molecular complexity index is 872. The van der Waals surface area contributed by atoms with Crippen LogP contribution >= 0.6 is 0 Å². The summed E-state index contributed by atoms with van der Waals surface area (Å²) in [5, 5.41) is 9.92. The van der Waals surface area contributed by atoms with Crippen LogP contribution in [0, 0.1) is 17.3 Å². The Kier molecular flexibility index (Phi) is 6.99. The zero-order valence-electron chi connectivity index (χ0n) is 19.6. The molecule has 2 amide bonds. The van der Waals surface area contributed by atoms with Crippen LogP contribution in [0.15, 0.2) is 35.6 Å². The van der Waals surface area contributed by atoms with Gasteiger partial charge in [-0.15, -0.1) is 0 Å². The molecule has 8 nitrogen and oxygen atoms in total. The first kappa shape index (κ1) is 24.3. The third kappa shape index (κ3) is 4.54. The van der Waals surface area contributed by atoms with Crippen molar-refractivity contribution in [3.63, 3.8) is 0 Å². The zero-order valence-corrected chi connectivity index (χ0v) is 20.7. The number of β-lactam (4-membered cyclic amide) rings is 1. The van der Waals surface area contributed by atoms with Crippen LogP contribution in [0.2, 0.25) is 13.1 Å². The first-order valence-electron chi connectivity index (χ1n) is 11.1. The largest absolute Gasteiger partial charge is 0.477 e. The standard InChI is InChI=1S/C23H34N2O6Si/c1-7-10-30-22(29)24-9-8-14(12-24)15-11-17-18(20(26)25(17)19(15)21(27)28)16(23(2,3)4)13-31-32(5)6/h7-8,16-18,32H,1,9-13H2,2-6H3,(H,27,28)/t16-,17-,18+/m1/s1. The molecule has 0 radical (unpaired) electrons. The van der Waals surface area contributed by atoms with Gasteiger partial charge in [-0.3, -0.25) is 4.79 Å². The molecule has 176 valence electrons. The molecule has 3 aliphatic rings. The number of aliphatic carboxylic acids is 1. The maximum atomic E-state index is 13.2. The van der Waals surface area contributed by atoms with Gasteiger partial charge in [0.2, 0.25) is 5.91 Å². The van der Waals surface area contributed by atoms with Crippen LogP contribution in [0.25, 0.3) is 0 Å². The minimum Gasteiger partial charge on any atom is -0.477 e. The van der Waals surface area contributed by atoms with Crippen LogP contribution in [-0.4, -0.2) is 74.3 Å². The highest BCUT2D eigenvalue weighted by molar-refractivity contribution is 6.48. The molecule has 1 saturated heterocycles. The molecule has 0 bridgehead atoms. The van der Waals surface area contributed by atoms with E-state index < -0.39 is 21.1 Å². The van der Waals surface area contributed by atoms with Gasteiger partial charge in [0.1, 0.15) is 12.3 Å². The molecule has 3 rings (SSSR count). The van der Waals surface area contributed by atoms with Crippen LogP contribution in [0.4, 0.5) is 4.79 Å². The van der Waals surface area contributed by atoms with E-state index in [1.807, 2.05) is 6.08 Å². The number of rotatable bonds is 8. The summed E-state index contributed by atoms with van der Waals surface area (Å²) in [4.78, 5) is 40.5. The number of hydrogen-bond acceptors (Lipinski definition) is 5. The summed E-state index contributed by atoms with van der Waals surface area (Å²) in [5.41, 5.74) is 1.32. The number of hydrogen-bond donors (Lipinski definition) is 1. The van der Waals surface area contributed by atoms with E-state index in [1.165, 1.54) is 15.9 Å².